The molecule has 2 heterocycles. The smallest absolute Gasteiger partial charge is 0.243 e. The van der Waals surface area contributed by atoms with E-state index in [1.54, 1.807) is 12.1 Å². The summed E-state index contributed by atoms with van der Waals surface area (Å²) in [6.07, 6.45) is 1.84. The van der Waals surface area contributed by atoms with Crippen LogP contribution in [0.15, 0.2) is 53.4 Å². The number of ether oxygens (including phenoxy) is 2. The van der Waals surface area contributed by atoms with Crippen LogP contribution in [0, 0.1) is 0 Å². The molecule has 1 fully saturated rings. The van der Waals surface area contributed by atoms with Crippen LogP contribution >= 0.6 is 11.8 Å². The van der Waals surface area contributed by atoms with Gasteiger partial charge in [0.1, 0.15) is 22.0 Å². The largest absolute Gasteiger partial charge is 0.497 e. The quantitative estimate of drug-likeness (QED) is 0.679. The SMILES string of the molecule is COc1ccc2c(c1)C(=O)C(=O)C1=C2OC2(CCN(C[C@H](O)Cc3ccccc3)CC2)CS1. The normalized spacial score (nSPS) is 20.8. The Hall–Kier alpha value is -2.61. The molecule has 0 aromatic heterocycles. The second kappa shape index (κ2) is 8.97. The van der Waals surface area contributed by atoms with Gasteiger partial charge in [-0.15, -0.1) is 11.8 Å². The minimum atomic E-state index is -0.503. The number of benzene rings is 2. The first kappa shape index (κ1) is 22.2. The molecular formula is C26H27NO5S. The highest BCUT2D eigenvalue weighted by atomic mass is 32.2. The Bertz CT molecular complexity index is 1100. The number of carbonyl (C=O) groups excluding carboxylic acids is 2. The van der Waals surface area contributed by atoms with Gasteiger partial charge in [-0.2, -0.15) is 0 Å². The lowest BCUT2D eigenvalue weighted by atomic mass is 9.89. The highest BCUT2D eigenvalue weighted by Gasteiger charge is 2.46. The standard InChI is InChI=1S/C26H27NO5S/c1-31-19-7-8-20-21(14-19)22(29)23(30)25-24(20)32-26(16-33-25)9-11-27(12-10-26)15-18(28)13-17-5-3-2-4-6-17/h2-8,14,18,28H,9-13,15-16H2,1H3/t18-/m1/s1. The number of fused-ring (bicyclic) bond motifs is 2. The zero-order valence-electron chi connectivity index (χ0n) is 18.6. The topological polar surface area (TPSA) is 76.1 Å². The summed E-state index contributed by atoms with van der Waals surface area (Å²) in [5.74, 6) is 0.728. The number of hydrogen-bond donors (Lipinski definition) is 1. The molecule has 0 saturated carbocycles. The summed E-state index contributed by atoms with van der Waals surface area (Å²) in [5, 5.41) is 10.6. The maximum Gasteiger partial charge on any atom is 0.243 e. The molecule has 6 nitrogen and oxygen atoms in total. The number of ketones is 2. The van der Waals surface area contributed by atoms with Crippen LogP contribution in [0.4, 0.5) is 0 Å². The number of piperidine rings is 1. The van der Waals surface area contributed by atoms with Crippen LogP contribution in [0.1, 0.15) is 34.3 Å². The van der Waals surface area contributed by atoms with E-state index in [0.29, 0.717) is 46.3 Å². The van der Waals surface area contributed by atoms with Gasteiger partial charge in [-0.25, -0.2) is 0 Å². The van der Waals surface area contributed by atoms with E-state index >= 15 is 0 Å². The van der Waals surface area contributed by atoms with Crippen molar-refractivity contribution in [2.75, 3.05) is 32.5 Å². The summed E-state index contributed by atoms with van der Waals surface area (Å²) in [5.41, 5.74) is 1.78. The molecule has 0 amide bonds. The summed E-state index contributed by atoms with van der Waals surface area (Å²) in [7, 11) is 1.54. The molecule has 1 atom stereocenters. The first-order chi connectivity index (χ1) is 16.0. The maximum atomic E-state index is 12.7. The molecule has 2 aromatic carbocycles. The number of allylic oxidation sites excluding steroid dienone is 1. The van der Waals surface area contributed by atoms with Gasteiger partial charge in [-0.05, 0) is 30.2 Å². The molecule has 1 saturated heterocycles. The van der Waals surface area contributed by atoms with Gasteiger partial charge in [0.05, 0.1) is 13.2 Å². The van der Waals surface area contributed by atoms with Crippen LogP contribution < -0.4 is 4.74 Å². The predicted molar refractivity (Wildman–Crippen MR) is 127 cm³/mol. The van der Waals surface area contributed by atoms with Crippen LogP contribution in [0.5, 0.6) is 5.75 Å². The minimum Gasteiger partial charge on any atom is -0.497 e. The van der Waals surface area contributed by atoms with E-state index in [9.17, 15) is 14.7 Å². The third-order valence-electron chi connectivity index (χ3n) is 6.68. The van der Waals surface area contributed by atoms with Crippen LogP contribution in [0.2, 0.25) is 0 Å². The lowest BCUT2D eigenvalue weighted by Crippen LogP contribution is -2.50. The Morgan fingerprint density at radius 1 is 1.09 bits per heavy atom. The Kier molecular flexibility index (Phi) is 6.03. The molecule has 0 radical (unpaired) electrons. The van der Waals surface area contributed by atoms with Crippen molar-refractivity contribution in [2.24, 2.45) is 0 Å². The summed E-state index contributed by atoms with van der Waals surface area (Å²) in [4.78, 5) is 28.1. The molecule has 0 bridgehead atoms. The summed E-state index contributed by atoms with van der Waals surface area (Å²) in [6, 6.07) is 15.3. The van der Waals surface area contributed by atoms with Crippen LogP contribution in [-0.2, 0) is 16.0 Å². The first-order valence-electron chi connectivity index (χ1n) is 11.3. The van der Waals surface area contributed by atoms with Crippen molar-refractivity contribution in [3.05, 3.63) is 70.1 Å². The summed E-state index contributed by atoms with van der Waals surface area (Å²) >= 11 is 1.44. The predicted octanol–water partition coefficient (Wildman–Crippen LogP) is 3.33. The summed E-state index contributed by atoms with van der Waals surface area (Å²) < 4.78 is 11.8. The molecule has 172 valence electrons. The van der Waals surface area contributed by atoms with E-state index < -0.39 is 17.7 Å². The molecule has 1 spiro atoms. The molecule has 33 heavy (non-hydrogen) atoms. The molecule has 2 aromatic rings. The number of β-amino-alcohol motifs (C(OH)–C–C–N with tert-alkyl or cyclic N) is 1. The zero-order valence-corrected chi connectivity index (χ0v) is 19.4. The Labute approximate surface area is 197 Å². The Balaban J connectivity index is 1.27. The molecule has 3 aliphatic rings. The van der Waals surface area contributed by atoms with Crippen molar-refractivity contribution < 1.29 is 24.2 Å². The molecule has 5 rings (SSSR count). The van der Waals surface area contributed by atoms with E-state index in [4.69, 9.17) is 9.47 Å². The van der Waals surface area contributed by atoms with Gasteiger partial charge < -0.3 is 19.5 Å². The number of methoxy groups -OCH3 is 1. The number of aliphatic hydroxyl groups is 1. The first-order valence-corrected chi connectivity index (χ1v) is 12.2. The van der Waals surface area contributed by atoms with Crippen LogP contribution in [0.3, 0.4) is 0 Å². The van der Waals surface area contributed by atoms with E-state index in [0.717, 1.165) is 31.5 Å². The summed E-state index contributed by atoms with van der Waals surface area (Å²) in [6.45, 7) is 2.26. The fourth-order valence-electron chi connectivity index (χ4n) is 4.81. The van der Waals surface area contributed by atoms with Crippen LogP contribution in [0.25, 0.3) is 5.76 Å². The molecular weight excluding hydrogens is 438 g/mol. The monoisotopic (exact) mass is 465 g/mol. The van der Waals surface area contributed by atoms with E-state index in [2.05, 4.69) is 4.90 Å². The van der Waals surface area contributed by atoms with Crippen molar-refractivity contribution in [3.63, 3.8) is 0 Å². The fourth-order valence-corrected chi connectivity index (χ4v) is 6.07. The zero-order chi connectivity index (χ0) is 23.0. The second-order valence-electron chi connectivity index (χ2n) is 8.95. The number of Topliss-reactive ketones (excluding diaryl/α,β-unsaturated/α-hetero) is 2. The average molecular weight is 466 g/mol. The fraction of sp³-hybridized carbons (Fsp3) is 0.385. The number of rotatable bonds is 5. The Morgan fingerprint density at radius 3 is 2.58 bits per heavy atom. The van der Waals surface area contributed by atoms with E-state index in [1.165, 1.54) is 18.9 Å². The Morgan fingerprint density at radius 2 is 1.85 bits per heavy atom. The van der Waals surface area contributed by atoms with Gasteiger partial charge in [0, 0.05) is 49.4 Å². The number of aliphatic hydroxyl groups excluding tert-OH is 1. The molecule has 0 unspecified atom stereocenters. The number of carbonyl (C=O) groups is 2. The van der Waals surface area contributed by atoms with Gasteiger partial charge in [0.2, 0.25) is 11.6 Å². The lowest BCUT2D eigenvalue weighted by molar-refractivity contribution is -0.111. The van der Waals surface area contributed by atoms with E-state index in [-0.39, 0.29) is 5.60 Å². The minimum absolute atomic E-state index is 0.345. The lowest BCUT2D eigenvalue weighted by Gasteiger charge is -2.45. The van der Waals surface area contributed by atoms with Gasteiger partial charge in [0.25, 0.3) is 0 Å². The van der Waals surface area contributed by atoms with Crippen LogP contribution in [-0.4, -0.2) is 65.8 Å². The third kappa shape index (κ3) is 4.33. The maximum absolute atomic E-state index is 12.7. The highest BCUT2D eigenvalue weighted by molar-refractivity contribution is 8.04. The van der Waals surface area contributed by atoms with Crippen molar-refractivity contribution >= 4 is 29.1 Å². The van der Waals surface area contributed by atoms with Gasteiger partial charge in [-0.1, -0.05) is 30.3 Å². The third-order valence-corrected chi connectivity index (χ3v) is 8.01. The van der Waals surface area contributed by atoms with Gasteiger partial charge in [0.15, 0.2) is 0 Å². The number of hydrogen-bond acceptors (Lipinski definition) is 7. The number of thioether (sulfide) groups is 1. The molecule has 1 N–H and O–H groups in total. The van der Waals surface area contributed by atoms with Crippen molar-refractivity contribution in [1.82, 2.24) is 4.90 Å². The van der Waals surface area contributed by atoms with Gasteiger partial charge >= 0.3 is 0 Å². The second-order valence-corrected chi connectivity index (χ2v) is 9.93. The number of nitrogens with zero attached hydrogens (tertiary/aromatic N) is 1. The van der Waals surface area contributed by atoms with Gasteiger partial charge in [-0.3, -0.25) is 9.59 Å². The molecule has 7 heteroatoms. The average Bonchev–Trinajstić information content (AvgIpc) is 2.84. The van der Waals surface area contributed by atoms with Crippen molar-refractivity contribution in [2.45, 2.75) is 31.0 Å². The highest BCUT2D eigenvalue weighted by Crippen LogP contribution is 2.47. The van der Waals surface area contributed by atoms with Crippen molar-refractivity contribution in [3.8, 4) is 5.75 Å². The molecule has 2 aliphatic heterocycles. The molecule has 1 aliphatic carbocycles. The van der Waals surface area contributed by atoms with Crippen molar-refractivity contribution in [1.29, 1.82) is 0 Å². The number of likely N-dealkylation sites (tertiary alicyclic amines) is 1. The van der Waals surface area contributed by atoms with E-state index in [1.807, 2.05) is 36.4 Å².